The number of hydrogen-bond donors (Lipinski definition) is 1. The number of piperidine rings is 1. The molecule has 1 N–H and O–H groups in total. The average Bonchev–Trinajstić information content (AvgIpc) is 2.69. The minimum Gasteiger partial charge on any atom is -0.497 e. The van der Waals surface area contributed by atoms with Crippen LogP contribution < -0.4 is 9.47 Å². The molecule has 0 radical (unpaired) electrons. The van der Waals surface area contributed by atoms with Gasteiger partial charge in [0, 0.05) is 18.5 Å². The number of ether oxygens (including phenoxy) is 2. The Hall–Kier alpha value is -2.04. The third kappa shape index (κ3) is 4.57. The van der Waals surface area contributed by atoms with Crippen LogP contribution in [0.25, 0.3) is 0 Å². The predicted octanol–water partition coefficient (Wildman–Crippen LogP) is 3.52. The first kappa shape index (κ1) is 18.7. The Morgan fingerprint density at radius 2 is 1.77 bits per heavy atom. The van der Waals surface area contributed by atoms with E-state index in [2.05, 4.69) is 29.2 Å². The standard InChI is InChI=1S/C22H29NO3/c1-25-20-9-7-18(8-10-20)15-23-12-4-11-22(16-23,17-24)14-19-5-3-6-21(13-19)26-2/h3,5-10,13,24H,4,11-12,14-17H2,1-2H3/t22-/m1/s1. The minimum atomic E-state index is -0.0862. The molecule has 0 aliphatic carbocycles. The van der Waals surface area contributed by atoms with Crippen LogP contribution >= 0.6 is 0 Å². The molecule has 1 heterocycles. The quantitative estimate of drug-likeness (QED) is 0.825. The highest BCUT2D eigenvalue weighted by atomic mass is 16.5. The molecule has 0 bridgehead atoms. The van der Waals surface area contributed by atoms with Gasteiger partial charge in [-0.3, -0.25) is 4.90 Å². The van der Waals surface area contributed by atoms with E-state index in [1.165, 1.54) is 11.1 Å². The van der Waals surface area contributed by atoms with E-state index in [-0.39, 0.29) is 12.0 Å². The molecule has 4 heteroatoms. The lowest BCUT2D eigenvalue weighted by atomic mass is 9.75. The fourth-order valence-electron chi connectivity index (χ4n) is 3.98. The summed E-state index contributed by atoms with van der Waals surface area (Å²) < 4.78 is 10.6. The van der Waals surface area contributed by atoms with E-state index < -0.39 is 0 Å². The highest BCUT2D eigenvalue weighted by molar-refractivity contribution is 5.30. The lowest BCUT2D eigenvalue weighted by molar-refractivity contribution is 0.0288. The van der Waals surface area contributed by atoms with Crippen molar-refractivity contribution in [2.24, 2.45) is 5.41 Å². The molecule has 2 aromatic rings. The second-order valence-electron chi connectivity index (χ2n) is 7.35. The molecule has 1 atom stereocenters. The van der Waals surface area contributed by atoms with Gasteiger partial charge in [0.2, 0.25) is 0 Å². The Labute approximate surface area is 156 Å². The first-order valence-electron chi connectivity index (χ1n) is 9.25. The summed E-state index contributed by atoms with van der Waals surface area (Å²) in [6.07, 6.45) is 3.04. The van der Waals surface area contributed by atoms with Crippen LogP contribution in [0.1, 0.15) is 24.0 Å². The van der Waals surface area contributed by atoms with Crippen LogP contribution in [-0.2, 0) is 13.0 Å². The van der Waals surface area contributed by atoms with Crippen molar-refractivity contribution in [3.05, 3.63) is 59.7 Å². The number of rotatable bonds is 7. The smallest absolute Gasteiger partial charge is 0.119 e. The molecule has 0 saturated carbocycles. The van der Waals surface area contributed by atoms with Crippen LogP contribution in [0, 0.1) is 5.41 Å². The summed E-state index contributed by atoms with van der Waals surface area (Å²) in [5.41, 5.74) is 2.42. The lowest BCUT2D eigenvalue weighted by Gasteiger charge is -2.42. The van der Waals surface area contributed by atoms with E-state index in [4.69, 9.17) is 9.47 Å². The van der Waals surface area contributed by atoms with Crippen LogP contribution in [0.2, 0.25) is 0 Å². The molecule has 1 fully saturated rings. The third-order valence-corrected chi connectivity index (χ3v) is 5.35. The van der Waals surface area contributed by atoms with Gasteiger partial charge in [0.1, 0.15) is 11.5 Å². The molecule has 0 aromatic heterocycles. The molecule has 140 valence electrons. The number of aliphatic hydroxyl groups is 1. The van der Waals surface area contributed by atoms with Crippen LogP contribution in [0.4, 0.5) is 0 Å². The molecule has 1 aliphatic rings. The normalized spacial score (nSPS) is 20.7. The van der Waals surface area contributed by atoms with Crippen molar-refractivity contribution >= 4 is 0 Å². The maximum absolute atomic E-state index is 10.2. The zero-order chi connectivity index (χ0) is 18.4. The molecule has 3 rings (SSSR count). The fourth-order valence-corrected chi connectivity index (χ4v) is 3.98. The number of hydrogen-bond acceptors (Lipinski definition) is 4. The maximum Gasteiger partial charge on any atom is 0.119 e. The molecular weight excluding hydrogens is 326 g/mol. The minimum absolute atomic E-state index is 0.0862. The summed E-state index contributed by atoms with van der Waals surface area (Å²) in [6, 6.07) is 16.5. The molecule has 1 aliphatic heterocycles. The van der Waals surface area contributed by atoms with Crippen LogP contribution in [-0.4, -0.2) is 43.9 Å². The molecule has 1 saturated heterocycles. The summed E-state index contributed by atoms with van der Waals surface area (Å²) in [4.78, 5) is 2.46. The van der Waals surface area contributed by atoms with Crippen molar-refractivity contribution in [1.29, 1.82) is 0 Å². The molecule has 0 spiro atoms. The second-order valence-corrected chi connectivity index (χ2v) is 7.35. The summed E-state index contributed by atoms with van der Waals surface area (Å²) in [5.74, 6) is 1.76. The van der Waals surface area contributed by atoms with Gasteiger partial charge < -0.3 is 14.6 Å². The monoisotopic (exact) mass is 355 g/mol. The van der Waals surface area contributed by atoms with Crippen molar-refractivity contribution in [3.8, 4) is 11.5 Å². The Kier molecular flexibility index (Phi) is 6.17. The Balaban J connectivity index is 1.69. The van der Waals surface area contributed by atoms with Crippen molar-refractivity contribution in [1.82, 2.24) is 4.90 Å². The number of methoxy groups -OCH3 is 2. The van der Waals surface area contributed by atoms with Crippen LogP contribution in [0.5, 0.6) is 11.5 Å². The Morgan fingerprint density at radius 1 is 1.00 bits per heavy atom. The number of benzene rings is 2. The topological polar surface area (TPSA) is 41.9 Å². The number of aliphatic hydroxyl groups excluding tert-OH is 1. The molecular formula is C22H29NO3. The molecule has 26 heavy (non-hydrogen) atoms. The summed E-state index contributed by atoms with van der Waals surface area (Å²) in [7, 11) is 3.38. The SMILES string of the molecule is COc1ccc(CN2CCC[C@@](CO)(Cc3cccc(OC)c3)C2)cc1. The lowest BCUT2D eigenvalue weighted by Crippen LogP contribution is -2.46. The third-order valence-electron chi connectivity index (χ3n) is 5.35. The van der Waals surface area contributed by atoms with Crippen molar-refractivity contribution in [3.63, 3.8) is 0 Å². The summed E-state index contributed by atoms with van der Waals surface area (Å²) in [5, 5.41) is 10.2. The highest BCUT2D eigenvalue weighted by Crippen LogP contribution is 2.34. The van der Waals surface area contributed by atoms with Gasteiger partial charge in [-0.05, 0) is 61.2 Å². The molecule has 0 unspecified atom stereocenters. The Morgan fingerprint density at radius 3 is 2.46 bits per heavy atom. The van der Waals surface area contributed by atoms with Crippen molar-refractivity contribution in [2.75, 3.05) is 33.9 Å². The predicted molar refractivity (Wildman–Crippen MR) is 104 cm³/mol. The number of nitrogens with zero attached hydrogens (tertiary/aromatic N) is 1. The van der Waals surface area contributed by atoms with Crippen LogP contribution in [0.15, 0.2) is 48.5 Å². The van der Waals surface area contributed by atoms with Gasteiger partial charge in [-0.2, -0.15) is 0 Å². The zero-order valence-electron chi connectivity index (χ0n) is 15.8. The van der Waals surface area contributed by atoms with Gasteiger partial charge >= 0.3 is 0 Å². The van der Waals surface area contributed by atoms with Gasteiger partial charge in [-0.15, -0.1) is 0 Å². The van der Waals surface area contributed by atoms with Gasteiger partial charge in [0.15, 0.2) is 0 Å². The van der Waals surface area contributed by atoms with Crippen LogP contribution in [0.3, 0.4) is 0 Å². The van der Waals surface area contributed by atoms with E-state index in [1.807, 2.05) is 24.3 Å². The van der Waals surface area contributed by atoms with Crippen molar-refractivity contribution < 1.29 is 14.6 Å². The van der Waals surface area contributed by atoms with E-state index >= 15 is 0 Å². The van der Waals surface area contributed by atoms with E-state index in [9.17, 15) is 5.11 Å². The van der Waals surface area contributed by atoms with E-state index in [1.54, 1.807) is 14.2 Å². The molecule has 2 aromatic carbocycles. The molecule has 0 amide bonds. The highest BCUT2D eigenvalue weighted by Gasteiger charge is 2.35. The zero-order valence-corrected chi connectivity index (χ0v) is 15.8. The Bertz CT molecular complexity index is 701. The van der Waals surface area contributed by atoms with E-state index in [0.717, 1.165) is 50.4 Å². The summed E-state index contributed by atoms with van der Waals surface area (Å²) in [6.45, 7) is 3.10. The summed E-state index contributed by atoms with van der Waals surface area (Å²) >= 11 is 0. The fraction of sp³-hybridized carbons (Fsp3) is 0.455. The van der Waals surface area contributed by atoms with Crippen molar-refractivity contribution in [2.45, 2.75) is 25.8 Å². The molecule has 4 nitrogen and oxygen atoms in total. The first-order chi connectivity index (χ1) is 12.7. The van der Waals surface area contributed by atoms with Gasteiger partial charge in [0.25, 0.3) is 0 Å². The van der Waals surface area contributed by atoms with E-state index in [0.29, 0.717) is 0 Å². The van der Waals surface area contributed by atoms with Gasteiger partial charge in [-0.1, -0.05) is 24.3 Å². The second kappa shape index (κ2) is 8.56. The van der Waals surface area contributed by atoms with Gasteiger partial charge in [0.05, 0.1) is 20.8 Å². The first-order valence-corrected chi connectivity index (χ1v) is 9.25. The van der Waals surface area contributed by atoms with Gasteiger partial charge in [-0.25, -0.2) is 0 Å². The number of likely N-dealkylation sites (tertiary alicyclic amines) is 1. The average molecular weight is 355 g/mol. The maximum atomic E-state index is 10.2. The largest absolute Gasteiger partial charge is 0.497 e.